The van der Waals surface area contributed by atoms with Gasteiger partial charge in [0.2, 0.25) is 0 Å². The first-order valence-electron chi connectivity index (χ1n) is 10.7. The zero-order valence-corrected chi connectivity index (χ0v) is 20.8. The summed E-state index contributed by atoms with van der Waals surface area (Å²) in [6.07, 6.45) is 0.188. The van der Waals surface area contributed by atoms with Gasteiger partial charge in [0.15, 0.2) is 0 Å². The molecular formula is C25H27F4N5OS. The Kier molecular flexibility index (Phi) is 10.3. The van der Waals surface area contributed by atoms with Crippen LogP contribution in [0.4, 0.5) is 17.6 Å². The summed E-state index contributed by atoms with van der Waals surface area (Å²) in [4.78, 5) is 18.0. The Morgan fingerprint density at radius 2 is 2.00 bits per heavy atom. The van der Waals surface area contributed by atoms with Crippen molar-refractivity contribution in [3.8, 4) is 0 Å². The Balaban J connectivity index is 2.38. The van der Waals surface area contributed by atoms with E-state index < -0.39 is 17.4 Å². The van der Waals surface area contributed by atoms with Gasteiger partial charge in [0.25, 0.3) is 5.91 Å². The zero-order valence-electron chi connectivity index (χ0n) is 20.0. The fraction of sp³-hybridized carbons (Fsp3) is 0.240. The molecule has 36 heavy (non-hydrogen) atoms. The number of carbonyl (C=O) groups is 1. The summed E-state index contributed by atoms with van der Waals surface area (Å²) in [5.74, 6) is -0.386. The lowest BCUT2D eigenvalue weighted by molar-refractivity contribution is -0.0689. The van der Waals surface area contributed by atoms with Gasteiger partial charge in [0, 0.05) is 47.4 Å². The molecular weight excluding hydrogens is 494 g/mol. The van der Waals surface area contributed by atoms with E-state index in [2.05, 4.69) is 39.7 Å². The molecule has 0 fully saturated rings. The minimum Gasteiger partial charge on any atom is -0.357 e. The lowest BCUT2D eigenvalue weighted by atomic mass is 9.98. The standard InChI is InChI=1S/C25H27F4N5OS/c1-6-20-21(17(3)31-19(15-26)9-12-34(4)5)14-18(32-23(20)16(2)25(27,28)29)8-7-11-30-24(35)22-10-13-36-33-22/h6-8,10,13-15,31H,1-3,9,11-12H2,4-5H3,(H,30,35)/b8-7+,19-15-. The molecule has 2 aromatic rings. The third kappa shape index (κ3) is 7.99. The molecule has 2 N–H and O–H groups in total. The first kappa shape index (κ1) is 28.7. The van der Waals surface area contributed by atoms with E-state index in [0.717, 1.165) is 11.5 Å². The number of pyridine rings is 1. The summed E-state index contributed by atoms with van der Waals surface area (Å²) < 4.78 is 58.0. The summed E-state index contributed by atoms with van der Waals surface area (Å²) >= 11 is 1.14. The van der Waals surface area contributed by atoms with Gasteiger partial charge in [-0.15, -0.1) is 0 Å². The lowest BCUT2D eigenvalue weighted by Gasteiger charge is -2.20. The predicted octanol–water partition coefficient (Wildman–Crippen LogP) is 5.52. The number of alkyl halides is 3. The lowest BCUT2D eigenvalue weighted by Crippen LogP contribution is -2.23. The van der Waals surface area contributed by atoms with E-state index in [-0.39, 0.29) is 46.4 Å². The molecule has 11 heteroatoms. The Morgan fingerprint density at radius 3 is 2.56 bits per heavy atom. The molecule has 0 aromatic carbocycles. The number of hydrogen-bond acceptors (Lipinski definition) is 6. The quantitative estimate of drug-likeness (QED) is 0.360. The number of amides is 1. The van der Waals surface area contributed by atoms with Crippen molar-refractivity contribution in [3.63, 3.8) is 0 Å². The smallest absolute Gasteiger partial charge is 0.357 e. The molecule has 0 saturated heterocycles. The maximum atomic E-state index is 13.5. The van der Waals surface area contributed by atoms with E-state index in [1.807, 2.05) is 19.0 Å². The molecule has 0 radical (unpaired) electrons. The van der Waals surface area contributed by atoms with E-state index in [1.165, 1.54) is 24.3 Å². The van der Waals surface area contributed by atoms with Crippen LogP contribution in [0, 0.1) is 0 Å². The molecule has 2 rings (SSSR count). The Morgan fingerprint density at radius 1 is 1.28 bits per heavy atom. The van der Waals surface area contributed by atoms with Gasteiger partial charge in [-0.2, -0.15) is 17.5 Å². The average Bonchev–Trinajstić information content (AvgIpc) is 3.37. The van der Waals surface area contributed by atoms with Gasteiger partial charge < -0.3 is 15.5 Å². The number of nitrogens with zero attached hydrogens (tertiary/aromatic N) is 3. The molecule has 0 unspecified atom stereocenters. The molecule has 0 saturated carbocycles. The second-order valence-corrected chi connectivity index (χ2v) is 8.49. The van der Waals surface area contributed by atoms with Crippen molar-refractivity contribution < 1.29 is 22.4 Å². The number of nitrogens with one attached hydrogen (secondary N) is 2. The van der Waals surface area contributed by atoms with E-state index in [4.69, 9.17) is 0 Å². The van der Waals surface area contributed by atoms with Gasteiger partial charge in [0.05, 0.1) is 17.0 Å². The third-order valence-corrected chi connectivity index (χ3v) is 5.41. The molecule has 0 aliphatic carbocycles. The molecule has 1 amide bonds. The Hall–Kier alpha value is -3.57. The van der Waals surface area contributed by atoms with E-state index in [9.17, 15) is 22.4 Å². The molecule has 6 nitrogen and oxygen atoms in total. The van der Waals surface area contributed by atoms with Crippen LogP contribution in [0.2, 0.25) is 0 Å². The summed E-state index contributed by atoms with van der Waals surface area (Å²) in [5.41, 5.74) is -0.501. The van der Waals surface area contributed by atoms with Crippen molar-refractivity contribution in [1.29, 1.82) is 0 Å². The van der Waals surface area contributed by atoms with Crippen LogP contribution in [0.1, 0.15) is 39.4 Å². The summed E-state index contributed by atoms with van der Waals surface area (Å²) in [5, 5.41) is 7.13. The SMILES string of the molecule is C=Cc1c(C(=C)N/C(=C\F)CCN(C)C)cc(/C=C/CNC(=O)c2ccsn2)nc1C(=C)C(F)(F)F. The number of hydrogen-bond donors (Lipinski definition) is 2. The van der Waals surface area contributed by atoms with Crippen LogP contribution in [0.5, 0.6) is 0 Å². The van der Waals surface area contributed by atoms with Crippen molar-refractivity contribution in [1.82, 2.24) is 24.9 Å². The number of allylic oxidation sites excluding steroid dienone is 1. The third-order valence-electron chi connectivity index (χ3n) is 4.85. The maximum absolute atomic E-state index is 13.5. The van der Waals surface area contributed by atoms with Crippen LogP contribution >= 0.6 is 11.5 Å². The molecule has 192 valence electrons. The zero-order chi connectivity index (χ0) is 26.9. The van der Waals surface area contributed by atoms with Gasteiger partial charge in [-0.3, -0.25) is 4.79 Å². The van der Waals surface area contributed by atoms with Crippen molar-refractivity contribution in [3.05, 3.63) is 83.6 Å². The van der Waals surface area contributed by atoms with Crippen LogP contribution in [0.15, 0.2) is 55.4 Å². The molecule has 0 bridgehead atoms. The highest BCUT2D eigenvalue weighted by Gasteiger charge is 2.35. The number of aromatic nitrogens is 2. The first-order valence-corrected chi connectivity index (χ1v) is 11.5. The van der Waals surface area contributed by atoms with E-state index in [0.29, 0.717) is 19.3 Å². The minimum absolute atomic E-state index is 0.0506. The Labute approximate surface area is 211 Å². The highest BCUT2D eigenvalue weighted by Crippen LogP contribution is 2.36. The highest BCUT2D eigenvalue weighted by molar-refractivity contribution is 7.03. The van der Waals surface area contributed by atoms with Crippen LogP contribution in [0.25, 0.3) is 23.4 Å². The van der Waals surface area contributed by atoms with E-state index >= 15 is 0 Å². The van der Waals surface area contributed by atoms with Gasteiger partial charge in [-0.1, -0.05) is 31.9 Å². The highest BCUT2D eigenvalue weighted by atomic mass is 32.1. The van der Waals surface area contributed by atoms with Crippen LogP contribution in [-0.2, 0) is 0 Å². The van der Waals surface area contributed by atoms with Crippen molar-refractivity contribution >= 4 is 40.9 Å². The fourth-order valence-electron chi connectivity index (χ4n) is 2.98. The summed E-state index contributed by atoms with van der Waals surface area (Å²) in [6.45, 7) is 11.3. The second-order valence-electron chi connectivity index (χ2n) is 7.83. The van der Waals surface area contributed by atoms with Crippen LogP contribution < -0.4 is 10.6 Å². The van der Waals surface area contributed by atoms with Gasteiger partial charge >= 0.3 is 6.18 Å². The topological polar surface area (TPSA) is 70.2 Å². The monoisotopic (exact) mass is 521 g/mol. The normalized spacial score (nSPS) is 12.1. The van der Waals surface area contributed by atoms with Crippen molar-refractivity contribution in [2.24, 2.45) is 0 Å². The van der Waals surface area contributed by atoms with Crippen molar-refractivity contribution in [2.45, 2.75) is 12.6 Å². The number of rotatable bonds is 12. The summed E-state index contributed by atoms with van der Waals surface area (Å²) in [6, 6.07) is 3.07. The average molecular weight is 522 g/mol. The molecule has 0 atom stereocenters. The molecule has 2 aromatic heterocycles. The minimum atomic E-state index is -4.74. The van der Waals surface area contributed by atoms with E-state index in [1.54, 1.807) is 11.4 Å². The van der Waals surface area contributed by atoms with Crippen LogP contribution in [-0.4, -0.2) is 53.5 Å². The molecule has 2 heterocycles. The Bertz CT molecular complexity index is 1170. The van der Waals surface area contributed by atoms with Gasteiger partial charge in [-0.25, -0.2) is 9.37 Å². The number of carbonyl (C=O) groups excluding carboxylic acids is 1. The first-order chi connectivity index (χ1) is 17.0. The predicted molar refractivity (Wildman–Crippen MR) is 137 cm³/mol. The van der Waals surface area contributed by atoms with Gasteiger partial charge in [0.1, 0.15) is 12.0 Å². The van der Waals surface area contributed by atoms with Crippen LogP contribution in [0.3, 0.4) is 0 Å². The molecule has 0 spiro atoms. The summed E-state index contributed by atoms with van der Waals surface area (Å²) in [7, 11) is 3.66. The van der Waals surface area contributed by atoms with Crippen molar-refractivity contribution in [2.75, 3.05) is 27.2 Å². The largest absolute Gasteiger partial charge is 0.417 e. The van der Waals surface area contributed by atoms with Gasteiger partial charge in [-0.05, 0) is 43.8 Å². The molecule has 0 aliphatic rings. The maximum Gasteiger partial charge on any atom is 0.417 e. The number of halogens is 4. The molecule has 0 aliphatic heterocycles. The fourth-order valence-corrected chi connectivity index (χ4v) is 3.49. The second kappa shape index (κ2) is 12.9.